The van der Waals surface area contributed by atoms with E-state index < -0.39 is 16.5 Å². The summed E-state index contributed by atoms with van der Waals surface area (Å²) in [6, 6.07) is 0. The van der Waals surface area contributed by atoms with Crippen molar-refractivity contribution in [2.75, 3.05) is 14.1 Å². The van der Waals surface area contributed by atoms with Crippen LogP contribution >= 0.6 is 11.8 Å². The van der Waals surface area contributed by atoms with Crippen molar-refractivity contribution in [1.29, 1.82) is 0 Å². The number of ketones is 1. The first-order valence-corrected chi connectivity index (χ1v) is 9.83. The lowest BCUT2D eigenvalue weighted by Gasteiger charge is -2.18. The Morgan fingerprint density at radius 1 is 1.14 bits per heavy atom. The molecule has 0 saturated carbocycles. The molecule has 0 unspecified atom stereocenters. The second kappa shape index (κ2) is 8.68. The van der Waals surface area contributed by atoms with Gasteiger partial charge in [0.05, 0.1) is 0 Å². The monoisotopic (exact) mass is 407 g/mol. The fourth-order valence-electron chi connectivity index (χ4n) is 2.66. The molecule has 2 rings (SSSR count). The van der Waals surface area contributed by atoms with Crippen molar-refractivity contribution >= 4 is 34.5 Å². The molecule has 0 bridgehead atoms. The number of thioether (sulfide) groups is 1. The molecule has 0 aliphatic heterocycles. The van der Waals surface area contributed by atoms with E-state index in [9.17, 15) is 19.2 Å². The molecule has 152 valence electrons. The van der Waals surface area contributed by atoms with Gasteiger partial charge in [-0.1, -0.05) is 25.1 Å². The van der Waals surface area contributed by atoms with Crippen molar-refractivity contribution in [2.24, 2.45) is 14.1 Å². The smallest absolute Gasteiger partial charge is 0.332 e. The lowest BCUT2D eigenvalue weighted by molar-refractivity contribution is -0.132. The van der Waals surface area contributed by atoms with Crippen molar-refractivity contribution in [3.63, 3.8) is 0 Å². The number of rotatable bonds is 7. The topological polar surface area (TPSA) is 107 Å². The predicted octanol–water partition coefficient (Wildman–Crippen LogP) is 0.508. The van der Waals surface area contributed by atoms with Gasteiger partial charge in [0.25, 0.3) is 5.56 Å². The highest BCUT2D eigenvalue weighted by Gasteiger charge is 2.29. The number of carbonyl (C=O) groups excluding carboxylic acids is 2. The molecule has 2 aromatic rings. The Hall–Kier alpha value is -2.49. The SMILES string of the molecule is CCCCc1nc(S[C@H](C(C)=O)C(=O)N(C)C)c2c(=O)n(C)c(=O)n(C)c2n1. The summed E-state index contributed by atoms with van der Waals surface area (Å²) in [4.78, 5) is 59.9. The molecule has 0 saturated heterocycles. The number of amides is 1. The van der Waals surface area contributed by atoms with Gasteiger partial charge in [0.1, 0.15) is 21.5 Å². The molecule has 10 heteroatoms. The summed E-state index contributed by atoms with van der Waals surface area (Å²) in [5, 5.41) is -0.663. The van der Waals surface area contributed by atoms with E-state index in [1.165, 1.54) is 30.5 Å². The Kier molecular flexibility index (Phi) is 6.76. The third-order valence-electron chi connectivity index (χ3n) is 4.33. The molecule has 0 radical (unpaired) electrons. The highest BCUT2D eigenvalue weighted by molar-refractivity contribution is 8.01. The van der Waals surface area contributed by atoms with E-state index in [1.54, 1.807) is 14.1 Å². The van der Waals surface area contributed by atoms with Crippen molar-refractivity contribution in [2.45, 2.75) is 43.4 Å². The van der Waals surface area contributed by atoms with Gasteiger partial charge < -0.3 is 4.90 Å². The van der Waals surface area contributed by atoms with E-state index in [4.69, 9.17) is 0 Å². The quantitative estimate of drug-likeness (QED) is 0.374. The van der Waals surface area contributed by atoms with Crippen LogP contribution in [0.4, 0.5) is 0 Å². The van der Waals surface area contributed by atoms with E-state index >= 15 is 0 Å². The van der Waals surface area contributed by atoms with Crippen LogP contribution < -0.4 is 11.2 Å². The highest BCUT2D eigenvalue weighted by Crippen LogP contribution is 2.28. The summed E-state index contributed by atoms with van der Waals surface area (Å²) < 4.78 is 2.26. The van der Waals surface area contributed by atoms with E-state index in [0.29, 0.717) is 12.2 Å². The maximum atomic E-state index is 12.8. The van der Waals surface area contributed by atoms with Crippen molar-refractivity contribution < 1.29 is 9.59 Å². The molecule has 0 aromatic carbocycles. The van der Waals surface area contributed by atoms with Crippen LogP contribution in [0.25, 0.3) is 11.0 Å². The Labute approximate surface area is 166 Å². The number of aryl methyl sites for hydroxylation is 2. The van der Waals surface area contributed by atoms with Gasteiger partial charge >= 0.3 is 5.69 Å². The van der Waals surface area contributed by atoms with Gasteiger partial charge in [-0.25, -0.2) is 14.8 Å². The highest BCUT2D eigenvalue weighted by atomic mass is 32.2. The number of unbranched alkanes of at least 4 members (excludes halogenated alkanes) is 1. The van der Waals surface area contributed by atoms with Gasteiger partial charge in [-0.3, -0.25) is 23.5 Å². The Balaban J connectivity index is 2.78. The lowest BCUT2D eigenvalue weighted by Crippen LogP contribution is -2.38. The number of Topliss-reactive ketones (excluding diaryl/α,β-unsaturated/α-hetero) is 1. The van der Waals surface area contributed by atoms with Crippen molar-refractivity contribution in [3.05, 3.63) is 26.7 Å². The molecular weight excluding hydrogens is 382 g/mol. The zero-order valence-electron chi connectivity index (χ0n) is 17.0. The number of aromatic nitrogens is 4. The number of fused-ring (bicyclic) bond motifs is 1. The van der Waals surface area contributed by atoms with Crippen LogP contribution in [0.2, 0.25) is 0 Å². The summed E-state index contributed by atoms with van der Waals surface area (Å²) >= 11 is 0.927. The standard InChI is InChI=1S/C18H25N5O4S/c1-7-8-9-11-19-14-12(16(25)23(6)18(27)22(14)5)15(20-11)28-13(10(2)24)17(26)21(3)4/h13H,7-9H2,1-6H3/t13-/m1/s1. The normalized spacial score (nSPS) is 12.2. The molecule has 28 heavy (non-hydrogen) atoms. The van der Waals surface area contributed by atoms with E-state index in [-0.39, 0.29) is 27.7 Å². The van der Waals surface area contributed by atoms with E-state index in [0.717, 1.165) is 29.2 Å². The fraction of sp³-hybridized carbons (Fsp3) is 0.556. The van der Waals surface area contributed by atoms with Crippen LogP contribution in [0.3, 0.4) is 0 Å². The van der Waals surface area contributed by atoms with Crippen molar-refractivity contribution in [3.8, 4) is 0 Å². The minimum Gasteiger partial charge on any atom is -0.347 e. The average molecular weight is 407 g/mol. The molecule has 2 heterocycles. The van der Waals surface area contributed by atoms with Gasteiger partial charge in [-0.05, 0) is 13.3 Å². The average Bonchev–Trinajstić information content (AvgIpc) is 2.65. The number of hydrogen-bond acceptors (Lipinski definition) is 7. The summed E-state index contributed by atoms with van der Waals surface area (Å²) in [5.41, 5.74) is -0.848. The molecule has 0 aliphatic carbocycles. The van der Waals surface area contributed by atoms with E-state index in [2.05, 4.69) is 9.97 Å². The van der Waals surface area contributed by atoms with Gasteiger partial charge in [-0.15, -0.1) is 0 Å². The Bertz CT molecular complexity index is 1040. The first-order chi connectivity index (χ1) is 13.1. The first kappa shape index (κ1) is 21.8. The molecule has 0 N–H and O–H groups in total. The van der Waals surface area contributed by atoms with Crippen LogP contribution in [0.5, 0.6) is 0 Å². The molecule has 0 aliphatic rings. The fourth-order valence-corrected chi connectivity index (χ4v) is 3.81. The third-order valence-corrected chi connectivity index (χ3v) is 5.62. The Morgan fingerprint density at radius 2 is 1.79 bits per heavy atom. The van der Waals surface area contributed by atoms with Gasteiger partial charge in [0.2, 0.25) is 5.91 Å². The molecule has 1 amide bonds. The van der Waals surface area contributed by atoms with Crippen LogP contribution in [-0.4, -0.2) is 55.0 Å². The minimum atomic E-state index is -1.03. The second-order valence-corrected chi connectivity index (χ2v) is 7.89. The summed E-state index contributed by atoms with van der Waals surface area (Å²) in [6.07, 6.45) is 2.32. The number of nitrogens with zero attached hydrogens (tertiary/aromatic N) is 5. The number of hydrogen-bond donors (Lipinski definition) is 0. The molecule has 0 spiro atoms. The largest absolute Gasteiger partial charge is 0.347 e. The lowest BCUT2D eigenvalue weighted by atomic mass is 10.2. The number of carbonyl (C=O) groups is 2. The summed E-state index contributed by atoms with van der Waals surface area (Å²) in [7, 11) is 6.03. The van der Waals surface area contributed by atoms with Crippen molar-refractivity contribution in [1.82, 2.24) is 24.0 Å². The van der Waals surface area contributed by atoms with Crippen LogP contribution in [-0.2, 0) is 30.1 Å². The van der Waals surface area contributed by atoms with E-state index in [1.807, 2.05) is 6.92 Å². The minimum absolute atomic E-state index is 0.132. The first-order valence-electron chi connectivity index (χ1n) is 8.95. The maximum absolute atomic E-state index is 12.8. The van der Waals surface area contributed by atoms with Crippen LogP contribution in [0, 0.1) is 0 Å². The van der Waals surface area contributed by atoms with Gasteiger partial charge in [0.15, 0.2) is 11.4 Å². The predicted molar refractivity (Wildman–Crippen MR) is 108 cm³/mol. The van der Waals surface area contributed by atoms with Gasteiger partial charge in [-0.2, -0.15) is 0 Å². The maximum Gasteiger partial charge on any atom is 0.332 e. The van der Waals surface area contributed by atoms with Gasteiger partial charge in [0, 0.05) is 34.6 Å². The zero-order valence-corrected chi connectivity index (χ0v) is 17.8. The third kappa shape index (κ3) is 4.16. The summed E-state index contributed by atoms with van der Waals surface area (Å²) in [5.74, 6) is -0.257. The molecule has 0 fully saturated rings. The molecule has 1 atom stereocenters. The molecular formula is C18H25N5O4S. The second-order valence-electron chi connectivity index (χ2n) is 6.79. The molecule has 2 aromatic heterocycles. The van der Waals surface area contributed by atoms with Crippen LogP contribution in [0.15, 0.2) is 14.6 Å². The Morgan fingerprint density at radius 3 is 2.32 bits per heavy atom. The van der Waals surface area contributed by atoms with Crippen LogP contribution in [0.1, 0.15) is 32.5 Å². The molecule has 9 nitrogen and oxygen atoms in total. The summed E-state index contributed by atoms with van der Waals surface area (Å²) in [6.45, 7) is 3.36. The zero-order chi connectivity index (χ0) is 21.2.